The monoisotopic (exact) mass is 438 g/mol. The fourth-order valence-electron chi connectivity index (χ4n) is 3.80. The Bertz CT molecular complexity index is 1120. The van der Waals surface area contributed by atoms with E-state index in [1.54, 1.807) is 36.8 Å². The number of aromatic nitrogens is 2. The minimum atomic E-state index is -3.70. The molecule has 0 saturated carbocycles. The van der Waals surface area contributed by atoms with Crippen LogP contribution >= 0.6 is 0 Å². The van der Waals surface area contributed by atoms with Crippen LogP contribution in [-0.4, -0.2) is 40.8 Å². The van der Waals surface area contributed by atoms with Crippen molar-refractivity contribution in [2.45, 2.75) is 43.8 Å². The van der Waals surface area contributed by atoms with Crippen LogP contribution in [0.15, 0.2) is 72.1 Å². The van der Waals surface area contributed by atoms with Gasteiger partial charge in [-0.3, -0.25) is 4.79 Å². The van der Waals surface area contributed by atoms with Gasteiger partial charge in [-0.1, -0.05) is 42.0 Å². The molecular weight excluding hydrogens is 412 g/mol. The quantitative estimate of drug-likeness (QED) is 0.615. The number of carbonyl (C=O) groups excluding carboxylic acids is 1. The summed E-state index contributed by atoms with van der Waals surface area (Å²) >= 11 is 0. The Kier molecular flexibility index (Phi) is 6.20. The second kappa shape index (κ2) is 9.03. The maximum atomic E-state index is 13.0. The standard InChI is InChI=1S/C23H26N4O3S/c1-18-4-10-21(11-5-18)31(29,30)27-13-2-3-22(27)23(28)25-15-19-6-8-20(9-7-19)16-26-14-12-24-17-26/h4-12,14,17,22H,2-3,13,15-16H2,1H3,(H,25,28). The number of hydrogen-bond donors (Lipinski definition) is 1. The minimum absolute atomic E-state index is 0.228. The first-order chi connectivity index (χ1) is 14.9. The number of sulfonamides is 1. The van der Waals surface area contributed by atoms with Crippen molar-refractivity contribution in [2.75, 3.05) is 6.54 Å². The van der Waals surface area contributed by atoms with Crippen molar-refractivity contribution < 1.29 is 13.2 Å². The van der Waals surface area contributed by atoms with Gasteiger partial charge in [-0.25, -0.2) is 13.4 Å². The second-order valence-electron chi connectivity index (χ2n) is 7.86. The van der Waals surface area contributed by atoms with Gasteiger partial charge in [-0.2, -0.15) is 4.31 Å². The van der Waals surface area contributed by atoms with Gasteiger partial charge >= 0.3 is 0 Å². The summed E-state index contributed by atoms with van der Waals surface area (Å²) in [5, 5.41) is 2.91. The molecule has 0 bridgehead atoms. The Morgan fingerprint density at radius 2 is 1.81 bits per heavy atom. The van der Waals surface area contributed by atoms with Crippen LogP contribution < -0.4 is 5.32 Å². The van der Waals surface area contributed by atoms with Gasteiger partial charge in [0.15, 0.2) is 0 Å². The van der Waals surface area contributed by atoms with E-state index in [0.717, 1.165) is 23.2 Å². The van der Waals surface area contributed by atoms with Gasteiger partial charge in [0, 0.05) is 32.0 Å². The smallest absolute Gasteiger partial charge is 0.243 e. The van der Waals surface area contributed by atoms with Crippen LogP contribution in [0.3, 0.4) is 0 Å². The van der Waals surface area contributed by atoms with E-state index in [2.05, 4.69) is 10.3 Å². The highest BCUT2D eigenvalue weighted by Gasteiger charge is 2.39. The van der Waals surface area contributed by atoms with E-state index in [1.165, 1.54) is 4.31 Å². The normalized spacial score (nSPS) is 17.0. The van der Waals surface area contributed by atoms with Crippen LogP contribution in [-0.2, 0) is 27.9 Å². The van der Waals surface area contributed by atoms with Crippen molar-refractivity contribution in [1.29, 1.82) is 0 Å². The third kappa shape index (κ3) is 4.86. The molecule has 2 aromatic carbocycles. The molecule has 4 rings (SSSR count). The van der Waals surface area contributed by atoms with Gasteiger partial charge in [-0.15, -0.1) is 0 Å². The van der Waals surface area contributed by atoms with Crippen LogP contribution in [0.25, 0.3) is 0 Å². The van der Waals surface area contributed by atoms with E-state index in [9.17, 15) is 13.2 Å². The molecule has 1 saturated heterocycles. The van der Waals surface area contributed by atoms with E-state index in [0.29, 0.717) is 25.9 Å². The molecule has 0 aliphatic carbocycles. The Balaban J connectivity index is 1.38. The molecule has 31 heavy (non-hydrogen) atoms. The van der Waals surface area contributed by atoms with E-state index >= 15 is 0 Å². The number of benzene rings is 2. The Labute approximate surface area is 182 Å². The van der Waals surface area contributed by atoms with E-state index in [1.807, 2.05) is 42.0 Å². The highest BCUT2D eigenvalue weighted by atomic mass is 32.2. The minimum Gasteiger partial charge on any atom is -0.351 e. The lowest BCUT2D eigenvalue weighted by atomic mass is 10.1. The molecule has 7 nitrogen and oxygen atoms in total. The van der Waals surface area contributed by atoms with Gasteiger partial charge in [0.25, 0.3) is 0 Å². The van der Waals surface area contributed by atoms with Gasteiger partial charge in [-0.05, 0) is 43.0 Å². The zero-order valence-electron chi connectivity index (χ0n) is 17.4. The van der Waals surface area contributed by atoms with Crippen molar-refractivity contribution in [1.82, 2.24) is 19.2 Å². The van der Waals surface area contributed by atoms with E-state index in [4.69, 9.17) is 0 Å². The summed E-state index contributed by atoms with van der Waals surface area (Å²) < 4.78 is 29.4. The van der Waals surface area contributed by atoms with Crippen LogP contribution in [0.5, 0.6) is 0 Å². The third-order valence-corrected chi connectivity index (χ3v) is 7.47. The Morgan fingerprint density at radius 1 is 1.10 bits per heavy atom. The Morgan fingerprint density at radius 3 is 2.48 bits per heavy atom. The zero-order valence-corrected chi connectivity index (χ0v) is 18.3. The molecule has 3 aromatic rings. The van der Waals surface area contributed by atoms with Crippen molar-refractivity contribution in [3.8, 4) is 0 Å². The molecular formula is C23H26N4O3S. The summed E-state index contributed by atoms with van der Waals surface area (Å²) in [6, 6.07) is 14.1. The summed E-state index contributed by atoms with van der Waals surface area (Å²) in [6.45, 7) is 3.36. The van der Waals surface area contributed by atoms with Crippen molar-refractivity contribution in [2.24, 2.45) is 0 Å². The van der Waals surface area contributed by atoms with E-state index < -0.39 is 16.1 Å². The summed E-state index contributed by atoms with van der Waals surface area (Å²) in [4.78, 5) is 17.1. The fourth-order valence-corrected chi connectivity index (χ4v) is 5.45. The third-order valence-electron chi connectivity index (χ3n) is 5.55. The summed E-state index contributed by atoms with van der Waals surface area (Å²) in [6.07, 6.45) is 6.63. The number of hydrogen-bond acceptors (Lipinski definition) is 4. The number of carbonyl (C=O) groups is 1. The number of imidazole rings is 1. The molecule has 2 heterocycles. The topological polar surface area (TPSA) is 84.3 Å². The Hall–Kier alpha value is -2.97. The molecule has 1 aromatic heterocycles. The highest BCUT2D eigenvalue weighted by molar-refractivity contribution is 7.89. The molecule has 1 aliphatic heterocycles. The number of nitrogens with one attached hydrogen (secondary N) is 1. The molecule has 1 atom stereocenters. The zero-order chi connectivity index (χ0) is 21.8. The molecule has 0 spiro atoms. The molecule has 1 amide bonds. The first kappa shape index (κ1) is 21.3. The van der Waals surface area contributed by atoms with Crippen molar-refractivity contribution >= 4 is 15.9 Å². The second-order valence-corrected chi connectivity index (χ2v) is 9.75. The lowest BCUT2D eigenvalue weighted by Crippen LogP contribution is -2.45. The van der Waals surface area contributed by atoms with Crippen LogP contribution in [0.4, 0.5) is 0 Å². The maximum Gasteiger partial charge on any atom is 0.243 e. The highest BCUT2D eigenvalue weighted by Crippen LogP contribution is 2.26. The predicted octanol–water partition coefficient (Wildman–Crippen LogP) is 2.71. The predicted molar refractivity (Wildman–Crippen MR) is 118 cm³/mol. The molecule has 1 aliphatic rings. The molecule has 8 heteroatoms. The fraction of sp³-hybridized carbons (Fsp3) is 0.304. The first-order valence-electron chi connectivity index (χ1n) is 10.3. The molecule has 1 unspecified atom stereocenters. The molecule has 162 valence electrons. The average Bonchev–Trinajstić information content (AvgIpc) is 3.46. The summed E-state index contributed by atoms with van der Waals surface area (Å²) in [7, 11) is -3.70. The van der Waals surface area contributed by atoms with Gasteiger partial charge < -0.3 is 9.88 Å². The number of nitrogens with zero attached hydrogens (tertiary/aromatic N) is 3. The average molecular weight is 439 g/mol. The lowest BCUT2D eigenvalue weighted by molar-refractivity contribution is -0.124. The van der Waals surface area contributed by atoms with Gasteiger partial charge in [0.1, 0.15) is 6.04 Å². The van der Waals surface area contributed by atoms with Crippen LogP contribution in [0.2, 0.25) is 0 Å². The first-order valence-corrected chi connectivity index (χ1v) is 11.8. The number of aryl methyl sites for hydroxylation is 1. The van der Waals surface area contributed by atoms with Crippen LogP contribution in [0.1, 0.15) is 29.5 Å². The SMILES string of the molecule is Cc1ccc(S(=O)(=O)N2CCCC2C(=O)NCc2ccc(Cn3ccnc3)cc2)cc1. The van der Waals surface area contributed by atoms with Crippen molar-refractivity contribution in [3.63, 3.8) is 0 Å². The summed E-state index contributed by atoms with van der Waals surface area (Å²) in [5.74, 6) is -0.254. The molecule has 0 radical (unpaired) electrons. The van der Waals surface area contributed by atoms with Crippen LogP contribution in [0, 0.1) is 6.92 Å². The maximum absolute atomic E-state index is 13.0. The van der Waals surface area contributed by atoms with E-state index in [-0.39, 0.29) is 10.8 Å². The largest absolute Gasteiger partial charge is 0.351 e. The van der Waals surface area contributed by atoms with Gasteiger partial charge in [0.2, 0.25) is 15.9 Å². The molecule has 1 fully saturated rings. The lowest BCUT2D eigenvalue weighted by Gasteiger charge is -2.23. The number of rotatable bonds is 7. The van der Waals surface area contributed by atoms with Crippen molar-refractivity contribution in [3.05, 3.63) is 83.9 Å². The number of amides is 1. The van der Waals surface area contributed by atoms with Gasteiger partial charge in [0.05, 0.1) is 11.2 Å². The summed E-state index contributed by atoms with van der Waals surface area (Å²) in [5.41, 5.74) is 3.10. The molecule has 1 N–H and O–H groups in total.